The lowest BCUT2D eigenvalue weighted by atomic mass is 9.95. The van der Waals surface area contributed by atoms with Crippen molar-refractivity contribution in [2.45, 2.75) is 6.04 Å². The third kappa shape index (κ3) is 2.97. The quantitative estimate of drug-likeness (QED) is 0.869. The Kier molecular flexibility index (Phi) is 4.35. The van der Waals surface area contributed by atoms with Crippen LogP contribution in [-0.4, -0.2) is 43.1 Å². The van der Waals surface area contributed by atoms with Crippen molar-refractivity contribution < 1.29 is 19.3 Å². The van der Waals surface area contributed by atoms with E-state index < -0.39 is 0 Å². The van der Waals surface area contributed by atoms with E-state index in [1.807, 2.05) is 30.3 Å². The molecular weight excluding hydrogens is 374 g/mol. The SMILES string of the molecule is Oc1ccc(Br)cc1[C@H](c1ccc2c(c1)OCO2)N1CCOCC1. The van der Waals surface area contributed by atoms with Crippen molar-refractivity contribution >= 4 is 15.9 Å². The molecule has 4 rings (SSSR count). The van der Waals surface area contributed by atoms with Crippen LogP contribution in [0.1, 0.15) is 17.2 Å². The number of phenolic OH excluding ortho intramolecular Hbond substituents is 1. The van der Waals surface area contributed by atoms with E-state index in [9.17, 15) is 5.11 Å². The molecule has 2 aromatic rings. The van der Waals surface area contributed by atoms with Crippen molar-refractivity contribution in [3.8, 4) is 17.2 Å². The maximum absolute atomic E-state index is 10.5. The molecule has 2 heterocycles. The van der Waals surface area contributed by atoms with Gasteiger partial charge in [0.15, 0.2) is 11.5 Å². The second kappa shape index (κ2) is 6.63. The molecule has 0 aliphatic carbocycles. The van der Waals surface area contributed by atoms with Gasteiger partial charge in [0.25, 0.3) is 0 Å². The Morgan fingerprint density at radius 2 is 1.79 bits per heavy atom. The topological polar surface area (TPSA) is 51.2 Å². The van der Waals surface area contributed by atoms with Gasteiger partial charge in [0.2, 0.25) is 6.79 Å². The molecule has 1 N–H and O–H groups in total. The minimum absolute atomic E-state index is 0.0686. The van der Waals surface area contributed by atoms with Crippen LogP contribution in [0.25, 0.3) is 0 Å². The predicted molar refractivity (Wildman–Crippen MR) is 92.6 cm³/mol. The molecule has 0 spiro atoms. The number of morpholine rings is 1. The van der Waals surface area contributed by atoms with E-state index in [1.54, 1.807) is 6.07 Å². The number of rotatable bonds is 3. The highest BCUT2D eigenvalue weighted by molar-refractivity contribution is 9.10. The molecule has 0 radical (unpaired) electrons. The van der Waals surface area contributed by atoms with Crippen molar-refractivity contribution in [2.75, 3.05) is 33.1 Å². The van der Waals surface area contributed by atoms with Gasteiger partial charge in [-0.3, -0.25) is 4.90 Å². The fraction of sp³-hybridized carbons (Fsp3) is 0.333. The zero-order valence-electron chi connectivity index (χ0n) is 13.1. The van der Waals surface area contributed by atoms with Crippen LogP contribution in [0.3, 0.4) is 0 Å². The molecule has 1 atom stereocenters. The Labute approximate surface area is 148 Å². The average molecular weight is 392 g/mol. The number of nitrogens with zero attached hydrogens (tertiary/aromatic N) is 1. The molecule has 24 heavy (non-hydrogen) atoms. The van der Waals surface area contributed by atoms with Crippen molar-refractivity contribution in [1.82, 2.24) is 4.90 Å². The molecule has 2 aliphatic heterocycles. The van der Waals surface area contributed by atoms with Crippen molar-refractivity contribution in [3.05, 3.63) is 52.0 Å². The largest absolute Gasteiger partial charge is 0.508 e. The van der Waals surface area contributed by atoms with Crippen molar-refractivity contribution in [2.24, 2.45) is 0 Å². The second-order valence-corrected chi connectivity index (χ2v) is 6.78. The summed E-state index contributed by atoms with van der Waals surface area (Å²) in [6.07, 6.45) is 0. The predicted octanol–water partition coefficient (Wildman–Crippen LogP) is 3.31. The molecule has 2 aromatic carbocycles. The summed E-state index contributed by atoms with van der Waals surface area (Å²) in [6, 6.07) is 11.4. The fourth-order valence-corrected chi connectivity index (χ4v) is 3.63. The summed E-state index contributed by atoms with van der Waals surface area (Å²) in [6.45, 7) is 3.25. The molecule has 1 saturated heterocycles. The molecule has 5 nitrogen and oxygen atoms in total. The lowest BCUT2D eigenvalue weighted by molar-refractivity contribution is 0.0235. The smallest absolute Gasteiger partial charge is 0.231 e. The van der Waals surface area contributed by atoms with Crippen LogP contribution < -0.4 is 9.47 Å². The summed E-state index contributed by atoms with van der Waals surface area (Å²) in [5.74, 6) is 1.80. The van der Waals surface area contributed by atoms with Gasteiger partial charge in [0.1, 0.15) is 5.75 Å². The molecule has 6 heteroatoms. The van der Waals surface area contributed by atoms with E-state index in [-0.39, 0.29) is 18.6 Å². The summed E-state index contributed by atoms with van der Waals surface area (Å²) in [4.78, 5) is 2.32. The maximum Gasteiger partial charge on any atom is 0.231 e. The highest BCUT2D eigenvalue weighted by Gasteiger charge is 2.28. The lowest BCUT2D eigenvalue weighted by Crippen LogP contribution is -2.39. The summed E-state index contributed by atoms with van der Waals surface area (Å²) >= 11 is 3.51. The van der Waals surface area contributed by atoms with Crippen LogP contribution in [0, 0.1) is 0 Å². The van der Waals surface area contributed by atoms with E-state index in [0.29, 0.717) is 13.2 Å². The molecule has 1 fully saturated rings. The molecule has 0 amide bonds. The molecule has 0 saturated carbocycles. The zero-order valence-corrected chi connectivity index (χ0v) is 14.7. The van der Waals surface area contributed by atoms with Crippen LogP contribution in [0.5, 0.6) is 17.2 Å². The molecule has 126 valence electrons. The first kappa shape index (κ1) is 15.7. The Hall–Kier alpha value is -1.76. The van der Waals surface area contributed by atoms with Gasteiger partial charge in [-0.1, -0.05) is 22.0 Å². The first-order valence-corrected chi connectivity index (χ1v) is 8.71. The van der Waals surface area contributed by atoms with Gasteiger partial charge in [-0.2, -0.15) is 0 Å². The third-order valence-corrected chi connectivity index (χ3v) is 4.90. The van der Waals surface area contributed by atoms with Crippen molar-refractivity contribution in [3.63, 3.8) is 0 Å². The number of aromatic hydroxyl groups is 1. The van der Waals surface area contributed by atoms with Gasteiger partial charge in [0, 0.05) is 23.1 Å². The summed E-state index contributed by atoms with van der Waals surface area (Å²) < 4.78 is 17.4. The number of hydrogen-bond acceptors (Lipinski definition) is 5. The molecule has 0 bridgehead atoms. The first-order valence-electron chi connectivity index (χ1n) is 7.92. The van der Waals surface area contributed by atoms with E-state index in [1.165, 1.54) is 0 Å². The van der Waals surface area contributed by atoms with Gasteiger partial charge >= 0.3 is 0 Å². The number of ether oxygens (including phenoxy) is 3. The Bertz CT molecular complexity index is 746. The molecular formula is C18H18BrNO4. The van der Waals surface area contributed by atoms with E-state index >= 15 is 0 Å². The first-order chi connectivity index (χ1) is 11.7. The number of benzene rings is 2. The molecule has 0 aromatic heterocycles. The number of fused-ring (bicyclic) bond motifs is 1. The highest BCUT2D eigenvalue weighted by atomic mass is 79.9. The Balaban J connectivity index is 1.79. The highest BCUT2D eigenvalue weighted by Crippen LogP contribution is 2.40. The molecule has 2 aliphatic rings. The maximum atomic E-state index is 10.5. The summed E-state index contributed by atoms with van der Waals surface area (Å²) in [7, 11) is 0. The average Bonchev–Trinajstić information content (AvgIpc) is 3.07. The fourth-order valence-electron chi connectivity index (χ4n) is 3.25. The summed E-state index contributed by atoms with van der Waals surface area (Å²) in [5, 5.41) is 10.5. The third-order valence-electron chi connectivity index (χ3n) is 4.41. The number of hydrogen-bond donors (Lipinski definition) is 1. The van der Waals surface area contributed by atoms with Gasteiger partial charge in [-0.25, -0.2) is 0 Å². The van der Waals surface area contributed by atoms with Gasteiger partial charge in [0.05, 0.1) is 19.3 Å². The Morgan fingerprint density at radius 1 is 1.00 bits per heavy atom. The number of phenols is 1. The van der Waals surface area contributed by atoms with E-state index in [0.717, 1.165) is 40.2 Å². The normalized spacial score (nSPS) is 18.5. The van der Waals surface area contributed by atoms with Crippen LogP contribution in [0.15, 0.2) is 40.9 Å². The van der Waals surface area contributed by atoms with Gasteiger partial charge in [-0.05, 0) is 35.9 Å². The Morgan fingerprint density at radius 3 is 2.62 bits per heavy atom. The van der Waals surface area contributed by atoms with Crippen molar-refractivity contribution in [1.29, 1.82) is 0 Å². The summed E-state index contributed by atoms with van der Waals surface area (Å²) in [5.41, 5.74) is 1.93. The minimum Gasteiger partial charge on any atom is -0.508 e. The standard InChI is InChI=1S/C18H18BrNO4/c19-13-2-3-15(21)14(10-13)18(20-5-7-22-8-6-20)12-1-4-16-17(9-12)24-11-23-16/h1-4,9-10,18,21H,5-8,11H2/t18-/m0/s1. The second-order valence-electron chi connectivity index (χ2n) is 5.87. The van der Waals surface area contributed by atoms with Gasteiger partial charge < -0.3 is 19.3 Å². The van der Waals surface area contributed by atoms with Crippen LogP contribution in [0.4, 0.5) is 0 Å². The minimum atomic E-state index is -0.0686. The van der Waals surface area contributed by atoms with Crippen LogP contribution >= 0.6 is 15.9 Å². The number of halogens is 1. The van der Waals surface area contributed by atoms with Gasteiger partial charge in [-0.15, -0.1) is 0 Å². The van der Waals surface area contributed by atoms with Crippen LogP contribution in [0.2, 0.25) is 0 Å². The zero-order chi connectivity index (χ0) is 16.5. The van der Waals surface area contributed by atoms with Crippen LogP contribution in [-0.2, 0) is 4.74 Å². The molecule has 0 unspecified atom stereocenters. The van der Waals surface area contributed by atoms with E-state index in [4.69, 9.17) is 14.2 Å². The van der Waals surface area contributed by atoms with E-state index in [2.05, 4.69) is 20.8 Å². The monoisotopic (exact) mass is 391 g/mol. The lowest BCUT2D eigenvalue weighted by Gasteiger charge is -2.35.